The van der Waals surface area contributed by atoms with Crippen LogP contribution in [0.1, 0.15) is 38.2 Å². The number of aromatic nitrogens is 1. The SMILES string of the molecule is Cc1ccc(CC2CN(Cc3ccc4ncccc4c3)CCN2C(=O)c2cc(C(F)(F)F)cc(C(F)(F)F)c2)cc1O. The highest BCUT2D eigenvalue weighted by atomic mass is 19.4. The number of benzene rings is 3. The Hall–Kier alpha value is -4.12. The van der Waals surface area contributed by atoms with Gasteiger partial charge < -0.3 is 10.0 Å². The lowest BCUT2D eigenvalue weighted by Gasteiger charge is -2.42. The average molecular weight is 588 g/mol. The molecule has 0 bridgehead atoms. The summed E-state index contributed by atoms with van der Waals surface area (Å²) < 4.78 is 81.0. The predicted molar refractivity (Wildman–Crippen MR) is 145 cm³/mol. The van der Waals surface area contributed by atoms with Gasteiger partial charge in [0, 0.05) is 49.4 Å². The van der Waals surface area contributed by atoms with Gasteiger partial charge in [-0.1, -0.05) is 24.3 Å². The molecule has 1 amide bonds. The first-order valence-corrected chi connectivity index (χ1v) is 13.2. The summed E-state index contributed by atoms with van der Waals surface area (Å²) in [5.41, 5.74) is -0.590. The maximum Gasteiger partial charge on any atom is 0.416 e. The fourth-order valence-corrected chi connectivity index (χ4v) is 5.29. The van der Waals surface area contributed by atoms with E-state index in [2.05, 4.69) is 9.88 Å². The third kappa shape index (κ3) is 6.51. The van der Waals surface area contributed by atoms with Crippen LogP contribution in [0.2, 0.25) is 0 Å². The number of halogens is 6. The van der Waals surface area contributed by atoms with E-state index >= 15 is 0 Å². The molecule has 220 valence electrons. The van der Waals surface area contributed by atoms with Gasteiger partial charge in [0.25, 0.3) is 5.91 Å². The van der Waals surface area contributed by atoms with Crippen molar-refractivity contribution in [3.63, 3.8) is 0 Å². The summed E-state index contributed by atoms with van der Waals surface area (Å²) in [7, 11) is 0. The number of phenolic OH excluding ortho intramolecular Hbond substituents is 1. The van der Waals surface area contributed by atoms with E-state index in [9.17, 15) is 36.2 Å². The number of aryl methyl sites for hydroxylation is 1. The molecular weight excluding hydrogens is 560 g/mol. The lowest BCUT2D eigenvalue weighted by Crippen LogP contribution is -2.55. The third-order valence-corrected chi connectivity index (χ3v) is 7.48. The van der Waals surface area contributed by atoms with E-state index < -0.39 is 41.0 Å². The second kappa shape index (κ2) is 11.3. The molecule has 0 aliphatic carbocycles. The van der Waals surface area contributed by atoms with E-state index in [1.54, 1.807) is 31.3 Å². The normalized spacial score (nSPS) is 16.6. The molecule has 4 aromatic rings. The summed E-state index contributed by atoms with van der Waals surface area (Å²) in [6.07, 6.45) is -8.19. The summed E-state index contributed by atoms with van der Waals surface area (Å²) in [5.74, 6) is -0.861. The molecule has 42 heavy (non-hydrogen) atoms. The third-order valence-electron chi connectivity index (χ3n) is 7.48. The van der Waals surface area contributed by atoms with Crippen molar-refractivity contribution >= 4 is 16.8 Å². The monoisotopic (exact) mass is 587 g/mol. The molecule has 5 rings (SSSR count). The highest BCUT2D eigenvalue weighted by Gasteiger charge is 2.39. The van der Waals surface area contributed by atoms with Gasteiger partial charge >= 0.3 is 12.4 Å². The number of alkyl halides is 6. The number of pyridine rings is 1. The molecule has 1 aliphatic rings. The number of hydrogen-bond acceptors (Lipinski definition) is 4. The first kappa shape index (κ1) is 29.4. The summed E-state index contributed by atoms with van der Waals surface area (Å²) in [6.45, 7) is 3.01. The zero-order valence-electron chi connectivity index (χ0n) is 22.5. The Morgan fingerprint density at radius 3 is 2.26 bits per heavy atom. The Bertz CT molecular complexity index is 1590. The van der Waals surface area contributed by atoms with Gasteiger partial charge in [0.05, 0.1) is 16.6 Å². The quantitative estimate of drug-likeness (QED) is 0.260. The minimum Gasteiger partial charge on any atom is -0.508 e. The molecule has 11 heteroatoms. The number of rotatable bonds is 5. The smallest absolute Gasteiger partial charge is 0.416 e. The van der Waals surface area contributed by atoms with E-state index in [1.807, 2.05) is 30.3 Å². The number of nitrogens with zero attached hydrogens (tertiary/aromatic N) is 3. The van der Waals surface area contributed by atoms with Gasteiger partial charge in [-0.2, -0.15) is 26.3 Å². The van der Waals surface area contributed by atoms with Gasteiger partial charge in [-0.25, -0.2) is 0 Å². The zero-order valence-corrected chi connectivity index (χ0v) is 22.5. The van der Waals surface area contributed by atoms with E-state index in [4.69, 9.17) is 0 Å². The number of piperazine rings is 1. The van der Waals surface area contributed by atoms with Crippen molar-refractivity contribution in [3.8, 4) is 5.75 Å². The number of fused-ring (bicyclic) bond motifs is 1. The molecule has 3 aromatic carbocycles. The molecule has 1 unspecified atom stereocenters. The van der Waals surface area contributed by atoms with Gasteiger partial charge in [0.1, 0.15) is 5.75 Å². The average Bonchev–Trinajstić information content (AvgIpc) is 2.93. The molecule has 1 fully saturated rings. The first-order chi connectivity index (χ1) is 19.8. The molecule has 1 atom stereocenters. The van der Waals surface area contributed by atoms with Crippen LogP contribution in [-0.2, 0) is 25.3 Å². The second-order valence-corrected chi connectivity index (χ2v) is 10.5. The second-order valence-electron chi connectivity index (χ2n) is 10.5. The summed E-state index contributed by atoms with van der Waals surface area (Å²) in [4.78, 5) is 21.4. The van der Waals surface area contributed by atoms with Gasteiger partial charge in [0.15, 0.2) is 0 Å². The minimum atomic E-state index is -5.07. The largest absolute Gasteiger partial charge is 0.508 e. The van der Waals surface area contributed by atoms with Crippen LogP contribution < -0.4 is 0 Å². The Labute approximate surface area is 238 Å². The number of aromatic hydroxyl groups is 1. The van der Waals surface area contributed by atoms with Crippen LogP contribution in [0.4, 0.5) is 26.3 Å². The van der Waals surface area contributed by atoms with E-state index in [-0.39, 0.29) is 24.8 Å². The molecule has 5 nitrogen and oxygen atoms in total. The van der Waals surface area contributed by atoms with E-state index in [1.165, 1.54) is 4.90 Å². The van der Waals surface area contributed by atoms with Crippen LogP contribution in [0, 0.1) is 6.92 Å². The maximum absolute atomic E-state index is 13.6. The predicted octanol–water partition coefficient (Wildman–Crippen LogP) is 6.86. The fourth-order valence-electron chi connectivity index (χ4n) is 5.29. The van der Waals surface area contributed by atoms with E-state index in [0.717, 1.165) is 16.5 Å². The fraction of sp³-hybridized carbons (Fsp3) is 0.290. The van der Waals surface area contributed by atoms with Crippen LogP contribution in [-0.4, -0.2) is 51.5 Å². The van der Waals surface area contributed by atoms with Crippen molar-refractivity contribution in [1.82, 2.24) is 14.8 Å². The Morgan fingerprint density at radius 1 is 0.905 bits per heavy atom. The highest BCUT2D eigenvalue weighted by Crippen LogP contribution is 2.37. The van der Waals surface area contributed by atoms with Crippen molar-refractivity contribution in [1.29, 1.82) is 0 Å². The molecule has 0 saturated carbocycles. The van der Waals surface area contributed by atoms with Gasteiger partial charge in [-0.3, -0.25) is 14.7 Å². The summed E-state index contributed by atoms with van der Waals surface area (Å²) in [5, 5.41) is 11.2. The topological polar surface area (TPSA) is 56.7 Å². The minimum absolute atomic E-state index is 0.0142. The van der Waals surface area contributed by atoms with Crippen molar-refractivity contribution in [2.75, 3.05) is 19.6 Å². The Balaban J connectivity index is 1.45. The number of hydrogen-bond donors (Lipinski definition) is 1. The van der Waals surface area contributed by atoms with E-state index in [0.29, 0.717) is 42.9 Å². The standard InChI is InChI=1S/C31H27F6N3O2/c1-19-4-5-20(13-28(19)41)12-26-18-39(17-21-6-7-27-22(11-21)3-2-8-38-27)9-10-40(26)29(42)23-14-24(30(32,33)34)16-25(15-23)31(35,36)37/h2-8,11,13-16,26,41H,9-10,12,17-18H2,1H3. The van der Waals surface area contributed by atoms with Crippen molar-refractivity contribution in [2.45, 2.75) is 38.3 Å². The van der Waals surface area contributed by atoms with Crippen LogP contribution in [0.15, 0.2) is 72.9 Å². The zero-order chi connectivity index (χ0) is 30.2. The molecule has 1 aromatic heterocycles. The van der Waals surface area contributed by atoms with Crippen LogP contribution in [0.25, 0.3) is 10.9 Å². The number of phenols is 1. The molecule has 1 aliphatic heterocycles. The lowest BCUT2D eigenvalue weighted by molar-refractivity contribution is -0.143. The van der Waals surface area contributed by atoms with Crippen molar-refractivity contribution in [3.05, 3.63) is 106 Å². The van der Waals surface area contributed by atoms with Crippen LogP contribution in [0.5, 0.6) is 5.75 Å². The van der Waals surface area contributed by atoms with Gasteiger partial charge in [-0.15, -0.1) is 0 Å². The Morgan fingerprint density at radius 2 is 1.60 bits per heavy atom. The molecule has 1 saturated heterocycles. The number of carbonyl (C=O) groups is 1. The Kier molecular flexibility index (Phi) is 7.89. The first-order valence-electron chi connectivity index (χ1n) is 13.2. The van der Waals surface area contributed by atoms with Crippen LogP contribution >= 0.6 is 0 Å². The lowest BCUT2D eigenvalue weighted by atomic mass is 9.98. The maximum atomic E-state index is 13.6. The summed E-state index contributed by atoms with van der Waals surface area (Å²) >= 11 is 0. The van der Waals surface area contributed by atoms with Crippen molar-refractivity contribution in [2.24, 2.45) is 0 Å². The molecule has 0 radical (unpaired) electrons. The molecule has 1 N–H and O–H groups in total. The van der Waals surface area contributed by atoms with Crippen molar-refractivity contribution < 1.29 is 36.2 Å². The molecule has 0 spiro atoms. The molecular formula is C31H27F6N3O2. The highest BCUT2D eigenvalue weighted by molar-refractivity contribution is 5.95. The van der Waals surface area contributed by atoms with Gasteiger partial charge in [-0.05, 0) is 72.5 Å². The molecule has 2 heterocycles. The van der Waals surface area contributed by atoms with Gasteiger partial charge in [0.2, 0.25) is 0 Å². The number of amides is 1. The number of carbonyl (C=O) groups excluding carboxylic acids is 1. The van der Waals surface area contributed by atoms with Crippen LogP contribution in [0.3, 0.4) is 0 Å². The summed E-state index contributed by atoms with van der Waals surface area (Å²) in [6, 6.07) is 15.1.